The second-order valence-corrected chi connectivity index (χ2v) is 9.33. The summed E-state index contributed by atoms with van der Waals surface area (Å²) < 4.78 is 0. The largest absolute Gasteiger partial charge is 0.347 e. The maximum Gasteiger partial charge on any atom is 0.231 e. The van der Waals surface area contributed by atoms with E-state index in [1.807, 2.05) is 42.3 Å². The minimum Gasteiger partial charge on any atom is -0.347 e. The fourth-order valence-corrected chi connectivity index (χ4v) is 5.58. The van der Waals surface area contributed by atoms with Crippen molar-refractivity contribution in [1.82, 2.24) is 10.3 Å². The molecule has 4 atom stereocenters. The van der Waals surface area contributed by atoms with Gasteiger partial charge in [-0.2, -0.15) is 0 Å². The monoisotopic (exact) mass is 411 g/mol. The van der Waals surface area contributed by atoms with Gasteiger partial charge in [-0.1, -0.05) is 31.0 Å². The number of aromatic nitrogens is 1. The minimum atomic E-state index is -0.264. The number of thiazole rings is 1. The van der Waals surface area contributed by atoms with E-state index in [9.17, 15) is 9.59 Å². The van der Waals surface area contributed by atoms with Crippen molar-refractivity contribution >= 4 is 28.8 Å². The first-order valence-corrected chi connectivity index (χ1v) is 11.5. The second kappa shape index (κ2) is 8.27. The molecule has 1 aromatic heterocycles. The molecule has 1 aromatic carbocycles. The average molecular weight is 412 g/mol. The maximum absolute atomic E-state index is 13.6. The lowest BCUT2D eigenvalue weighted by Gasteiger charge is -2.34. The number of carbonyl (C=O) groups is 2. The zero-order valence-electron chi connectivity index (χ0n) is 17.4. The molecule has 0 unspecified atom stereocenters. The summed E-state index contributed by atoms with van der Waals surface area (Å²) in [4.78, 5) is 33.2. The molecule has 1 saturated carbocycles. The zero-order chi connectivity index (χ0) is 20.5. The van der Waals surface area contributed by atoms with Gasteiger partial charge in [0.15, 0.2) is 0 Å². The van der Waals surface area contributed by atoms with Crippen LogP contribution in [0.5, 0.6) is 0 Å². The van der Waals surface area contributed by atoms with Gasteiger partial charge in [-0.25, -0.2) is 4.98 Å². The molecule has 29 heavy (non-hydrogen) atoms. The highest BCUT2D eigenvalue weighted by Gasteiger charge is 2.41. The fourth-order valence-electron chi connectivity index (χ4n) is 4.77. The number of hydrogen-bond donors (Lipinski definition) is 1. The molecule has 0 bridgehead atoms. The molecule has 0 spiro atoms. The summed E-state index contributed by atoms with van der Waals surface area (Å²) in [6.07, 6.45) is 4.44. The normalized spacial score (nSPS) is 24.8. The number of rotatable bonds is 4. The third-order valence-electron chi connectivity index (χ3n) is 6.23. The van der Waals surface area contributed by atoms with Crippen molar-refractivity contribution in [3.63, 3.8) is 0 Å². The van der Waals surface area contributed by atoms with Crippen molar-refractivity contribution in [1.29, 1.82) is 0 Å². The predicted octanol–water partition coefficient (Wildman–Crippen LogP) is 4.41. The van der Waals surface area contributed by atoms with Gasteiger partial charge in [0.05, 0.1) is 12.0 Å². The molecule has 6 heteroatoms. The van der Waals surface area contributed by atoms with E-state index in [-0.39, 0.29) is 35.7 Å². The van der Waals surface area contributed by atoms with E-state index in [2.05, 4.69) is 23.3 Å². The lowest BCUT2D eigenvalue weighted by molar-refractivity contribution is -0.135. The van der Waals surface area contributed by atoms with Gasteiger partial charge in [0.1, 0.15) is 5.01 Å². The molecular weight excluding hydrogens is 382 g/mol. The third-order valence-corrected chi connectivity index (χ3v) is 7.38. The first-order chi connectivity index (χ1) is 14.0. The Morgan fingerprint density at radius 1 is 1.21 bits per heavy atom. The summed E-state index contributed by atoms with van der Waals surface area (Å²) in [7, 11) is 0. The molecule has 4 rings (SSSR count). The van der Waals surface area contributed by atoms with Crippen LogP contribution in [0.1, 0.15) is 61.8 Å². The van der Waals surface area contributed by atoms with Crippen molar-refractivity contribution in [2.75, 3.05) is 4.90 Å². The molecule has 2 amide bonds. The molecule has 5 nitrogen and oxygen atoms in total. The first kappa shape index (κ1) is 20.1. The number of aryl methyl sites for hydroxylation is 1. The van der Waals surface area contributed by atoms with Crippen LogP contribution >= 0.6 is 11.3 Å². The van der Waals surface area contributed by atoms with Gasteiger partial charge in [0.2, 0.25) is 11.8 Å². The van der Waals surface area contributed by atoms with Crippen LogP contribution in [0, 0.1) is 18.8 Å². The van der Waals surface area contributed by atoms with Crippen molar-refractivity contribution in [2.24, 2.45) is 11.8 Å². The van der Waals surface area contributed by atoms with Crippen LogP contribution in [0.15, 0.2) is 29.6 Å². The van der Waals surface area contributed by atoms with Gasteiger partial charge < -0.3 is 10.2 Å². The highest BCUT2D eigenvalue weighted by atomic mass is 32.1. The lowest BCUT2D eigenvalue weighted by Crippen LogP contribution is -2.47. The highest BCUT2D eigenvalue weighted by molar-refractivity contribution is 7.09. The van der Waals surface area contributed by atoms with E-state index in [1.165, 1.54) is 5.56 Å². The number of carbonyl (C=O) groups excluding carboxylic acids is 2. The van der Waals surface area contributed by atoms with Gasteiger partial charge in [-0.15, -0.1) is 11.3 Å². The average Bonchev–Trinajstić information content (AvgIpc) is 3.29. The maximum atomic E-state index is 13.6. The molecule has 1 aliphatic carbocycles. The molecule has 2 heterocycles. The van der Waals surface area contributed by atoms with E-state index in [0.29, 0.717) is 0 Å². The summed E-state index contributed by atoms with van der Waals surface area (Å²) in [6, 6.07) is 8.15. The number of hydrogen-bond acceptors (Lipinski definition) is 4. The summed E-state index contributed by atoms with van der Waals surface area (Å²) in [6.45, 7) is 6.02. The van der Waals surface area contributed by atoms with Crippen molar-refractivity contribution in [3.05, 3.63) is 45.9 Å². The number of amides is 2. The van der Waals surface area contributed by atoms with E-state index >= 15 is 0 Å². The molecule has 154 valence electrons. The topological polar surface area (TPSA) is 62.3 Å². The molecule has 2 aliphatic rings. The van der Waals surface area contributed by atoms with Crippen LogP contribution in [-0.2, 0) is 16.0 Å². The van der Waals surface area contributed by atoms with Crippen LogP contribution in [-0.4, -0.2) is 22.8 Å². The fraction of sp³-hybridized carbons (Fsp3) is 0.522. The minimum absolute atomic E-state index is 0.0106. The Balaban J connectivity index is 1.51. The number of nitrogens with one attached hydrogen (secondary N) is 1. The summed E-state index contributed by atoms with van der Waals surface area (Å²) in [5.74, 6) is -0.411. The van der Waals surface area contributed by atoms with E-state index in [1.54, 1.807) is 11.3 Å². The van der Waals surface area contributed by atoms with E-state index in [0.717, 1.165) is 48.5 Å². The standard InChI is InChI=1S/C23H29N3O2S/c1-14-13-29-22(24-14)16(3)25-21(27)18-9-5-6-10-19(18)23(28)26-15(2)12-17-8-4-7-11-20(17)26/h4,7-8,11,13,15-16,18-19H,5-6,9-10,12H2,1-3H3,(H,25,27)/t15-,16+,18-,19+/m1/s1. The van der Waals surface area contributed by atoms with Crippen LogP contribution in [0.4, 0.5) is 5.69 Å². The Hall–Kier alpha value is -2.21. The second-order valence-electron chi connectivity index (χ2n) is 8.44. The molecule has 0 radical (unpaired) electrons. The highest BCUT2D eigenvalue weighted by Crippen LogP contribution is 2.38. The van der Waals surface area contributed by atoms with Gasteiger partial charge >= 0.3 is 0 Å². The number of nitrogens with zero attached hydrogens (tertiary/aromatic N) is 2. The molecular formula is C23H29N3O2S. The molecule has 1 aliphatic heterocycles. The Bertz CT molecular complexity index is 909. The molecule has 0 saturated heterocycles. The SMILES string of the molecule is Cc1csc([C@H](C)NC(=O)[C@@H]2CCCC[C@@H]2C(=O)N2c3ccccc3C[C@H]2C)n1. The summed E-state index contributed by atoms with van der Waals surface area (Å²) >= 11 is 1.57. The third kappa shape index (κ3) is 3.95. The van der Waals surface area contributed by atoms with Gasteiger partial charge in [0.25, 0.3) is 0 Å². The zero-order valence-corrected chi connectivity index (χ0v) is 18.2. The Labute approximate surface area is 176 Å². The van der Waals surface area contributed by atoms with Crippen LogP contribution in [0.3, 0.4) is 0 Å². The van der Waals surface area contributed by atoms with E-state index < -0.39 is 0 Å². The van der Waals surface area contributed by atoms with Crippen molar-refractivity contribution in [2.45, 2.75) is 65.0 Å². The lowest BCUT2D eigenvalue weighted by atomic mass is 9.77. The van der Waals surface area contributed by atoms with Gasteiger partial charge in [-0.05, 0) is 51.7 Å². The summed E-state index contributed by atoms with van der Waals surface area (Å²) in [5, 5.41) is 6.03. The quantitative estimate of drug-likeness (QED) is 0.810. The Morgan fingerprint density at radius 2 is 1.93 bits per heavy atom. The number of para-hydroxylation sites is 1. The summed E-state index contributed by atoms with van der Waals surface area (Å²) in [5.41, 5.74) is 3.21. The Morgan fingerprint density at radius 3 is 2.66 bits per heavy atom. The molecule has 1 N–H and O–H groups in total. The van der Waals surface area contributed by atoms with Crippen molar-refractivity contribution in [3.8, 4) is 0 Å². The molecule has 1 fully saturated rings. The number of fused-ring (bicyclic) bond motifs is 1. The van der Waals surface area contributed by atoms with Crippen molar-refractivity contribution < 1.29 is 9.59 Å². The Kier molecular flexibility index (Phi) is 5.72. The van der Waals surface area contributed by atoms with Gasteiger partial charge in [-0.3, -0.25) is 9.59 Å². The van der Waals surface area contributed by atoms with Gasteiger partial charge in [0, 0.05) is 28.7 Å². The molecule has 2 aromatic rings. The predicted molar refractivity (Wildman–Crippen MR) is 116 cm³/mol. The van der Waals surface area contributed by atoms with Crippen LogP contribution < -0.4 is 10.2 Å². The first-order valence-electron chi connectivity index (χ1n) is 10.6. The smallest absolute Gasteiger partial charge is 0.231 e. The van der Waals surface area contributed by atoms with Crippen LogP contribution in [0.2, 0.25) is 0 Å². The number of benzene rings is 1. The number of anilines is 1. The van der Waals surface area contributed by atoms with E-state index in [4.69, 9.17) is 0 Å². The van der Waals surface area contributed by atoms with Crippen LogP contribution in [0.25, 0.3) is 0 Å².